The molecule has 8 rings (SSSR count). The van der Waals surface area contributed by atoms with Crippen molar-refractivity contribution in [1.82, 2.24) is 41.3 Å². The molecule has 2 aliphatic heterocycles. The summed E-state index contributed by atoms with van der Waals surface area (Å²) in [4.78, 5) is 188. The fourth-order valence-corrected chi connectivity index (χ4v) is 18.8. The van der Waals surface area contributed by atoms with Gasteiger partial charge < -0.3 is 65.3 Å². The lowest BCUT2D eigenvalue weighted by atomic mass is 9.87. The van der Waals surface area contributed by atoms with E-state index in [-0.39, 0.29) is 94.1 Å². The van der Waals surface area contributed by atoms with Gasteiger partial charge in [0.2, 0.25) is 41.4 Å². The van der Waals surface area contributed by atoms with Crippen molar-refractivity contribution in [3.05, 3.63) is 189 Å². The highest BCUT2D eigenvalue weighted by molar-refractivity contribution is 5.98. The fourth-order valence-electron chi connectivity index (χ4n) is 18.8. The van der Waals surface area contributed by atoms with Gasteiger partial charge in [0.25, 0.3) is 0 Å². The van der Waals surface area contributed by atoms with E-state index in [9.17, 15) is 67.1 Å². The Kier molecular flexibility index (Phi) is 58.3. The standard InChI is InChI=1S/C60H86N4O9.C35H58N2O6.C25H30N2O4/c1-9-10-11-12-13-14-15-16-17-18-19-20-21-22-26-29-55(67)63(6)52(41-73-40-46-27-24-23-25-28-46)59(70)61-45(5)53(65)34-35-56(68)64(7)57-48-33-31-43(3)50(39-48)49-37-47(32-30-42(49)2)38-51(60(71)72-8)62-58(69)44(4)36-54(57)66;1-4-5-6-7-8-9-10-11-12-13-14-15-16-17-21-24-33(39)37(3)31(28-43-27-30-22-19-18-20-23-30)35(42)36-29(2)32(38)25-26-34(40)41;1-14-6-8-17-11-19(14)20-13-18(9-7-15(20)2)23(26-4)22(28)10-16(3)24(29)27-21(12-17)25(30)31-5/h23-25,27-28,30-33,37,39,44-45,51-52,57H,9-22,26,29,34-36,38,40-41H2,1-8H3,(H,61,70)(H,62,69);18-20,22-23,29,31H,4-17,21,24-28H2,1-3H3,(H,36,42)(H,40,41);6-9,11,13,16,21,23,26H,10,12H2,1-5H3,(H,27,29)/t44-,45-,51+,52-,57+;29-,31-;16-,21+,23+/m111/s1. The molecular weight excluding hydrogens is 1860 g/mol. The van der Waals surface area contributed by atoms with Gasteiger partial charge in [0.15, 0.2) is 23.1 Å². The molecule has 0 saturated carbocycles. The topological polar surface area (TPSA) is 366 Å². The second-order valence-electron chi connectivity index (χ2n) is 40.5. The Morgan fingerprint density at radius 2 is 0.721 bits per heavy atom. The summed E-state index contributed by atoms with van der Waals surface area (Å²) < 4.78 is 21.7. The number of fused-ring (bicyclic) bond motifs is 10. The average Bonchev–Trinajstić information content (AvgIpc) is 0.772. The Bertz CT molecular complexity index is 5120. The molecule has 2 heterocycles. The van der Waals surface area contributed by atoms with Crippen LogP contribution in [0.3, 0.4) is 0 Å². The molecule has 147 heavy (non-hydrogen) atoms. The number of aliphatic carboxylic acids is 1. The van der Waals surface area contributed by atoms with Crippen LogP contribution in [0.15, 0.2) is 133 Å². The number of nitrogens with zero attached hydrogens (tertiary/aromatic N) is 3. The first kappa shape index (κ1) is 124. The second kappa shape index (κ2) is 69.0. The van der Waals surface area contributed by atoms with Crippen molar-refractivity contribution in [2.24, 2.45) is 11.8 Å². The Labute approximate surface area is 876 Å². The van der Waals surface area contributed by atoms with Gasteiger partial charge in [-0.1, -0.05) is 329 Å². The largest absolute Gasteiger partial charge is 0.481 e. The van der Waals surface area contributed by atoms with Crippen LogP contribution < -0.4 is 26.6 Å². The van der Waals surface area contributed by atoms with E-state index in [0.29, 0.717) is 37.9 Å². The zero-order valence-corrected chi connectivity index (χ0v) is 91.2. The summed E-state index contributed by atoms with van der Waals surface area (Å²) in [5, 5.41) is 22.9. The number of likely N-dealkylation sites (N-methyl/N-ethyl adjacent to an activating group) is 4. The third-order valence-electron chi connectivity index (χ3n) is 28.4. The molecule has 10 atom stereocenters. The summed E-state index contributed by atoms with van der Waals surface area (Å²) in [5.74, 6) is -7.51. The van der Waals surface area contributed by atoms with Crippen molar-refractivity contribution in [3.63, 3.8) is 0 Å². The minimum atomic E-state index is -1.10. The maximum Gasteiger partial charge on any atom is 0.328 e. The molecule has 27 nitrogen and oxygen atoms in total. The summed E-state index contributed by atoms with van der Waals surface area (Å²) >= 11 is 0. The van der Waals surface area contributed by atoms with E-state index in [1.165, 1.54) is 191 Å². The van der Waals surface area contributed by atoms with Crippen LogP contribution in [0, 0.1) is 39.5 Å². The lowest BCUT2D eigenvalue weighted by Crippen LogP contribution is -2.53. The molecule has 27 heteroatoms. The van der Waals surface area contributed by atoms with Crippen molar-refractivity contribution in [2.75, 3.05) is 55.6 Å². The molecule has 0 unspecified atom stereocenters. The zero-order chi connectivity index (χ0) is 108. The second-order valence-corrected chi connectivity index (χ2v) is 40.5. The Morgan fingerprint density at radius 1 is 0.395 bits per heavy atom. The third kappa shape index (κ3) is 44.5. The zero-order valence-electron chi connectivity index (χ0n) is 91.2. The molecule has 0 saturated heterocycles. The van der Waals surface area contributed by atoms with Gasteiger partial charge in [-0.3, -0.25) is 57.5 Å². The van der Waals surface area contributed by atoms with Gasteiger partial charge in [0.1, 0.15) is 30.2 Å². The Morgan fingerprint density at radius 3 is 1.07 bits per heavy atom. The molecule has 0 aromatic heterocycles. The molecule has 0 spiro atoms. The van der Waals surface area contributed by atoms with E-state index >= 15 is 0 Å². The van der Waals surface area contributed by atoms with E-state index < -0.39 is 113 Å². The predicted molar refractivity (Wildman–Crippen MR) is 579 cm³/mol. The van der Waals surface area contributed by atoms with Crippen molar-refractivity contribution >= 4 is 82.4 Å². The summed E-state index contributed by atoms with van der Waals surface area (Å²) in [6.45, 7) is 19.3. The number of carbonyl (C=O) groups excluding carboxylic acids is 13. The molecule has 0 aliphatic carbocycles. The number of ether oxygens (including phenoxy) is 4. The number of hydrogen-bond donors (Lipinski definition) is 6. The van der Waals surface area contributed by atoms with Crippen LogP contribution in [0.2, 0.25) is 0 Å². The minimum Gasteiger partial charge on any atom is -0.481 e. The van der Waals surface area contributed by atoms with E-state index in [1.807, 2.05) is 143 Å². The lowest BCUT2D eigenvalue weighted by molar-refractivity contribution is -0.146. The maximum atomic E-state index is 14.3. The van der Waals surface area contributed by atoms with Gasteiger partial charge in [-0.15, -0.1) is 0 Å². The van der Waals surface area contributed by atoms with Crippen LogP contribution in [-0.2, 0) is 112 Å². The summed E-state index contributed by atoms with van der Waals surface area (Å²) in [7, 11) is 9.02. The van der Waals surface area contributed by atoms with Gasteiger partial charge in [-0.2, -0.15) is 0 Å². The van der Waals surface area contributed by atoms with Gasteiger partial charge in [-0.25, -0.2) is 9.59 Å². The number of esters is 2. The van der Waals surface area contributed by atoms with Gasteiger partial charge in [0, 0.05) is 90.8 Å². The molecule has 808 valence electrons. The first-order chi connectivity index (χ1) is 70.6. The van der Waals surface area contributed by atoms with Crippen LogP contribution in [0.4, 0.5) is 0 Å². The van der Waals surface area contributed by atoms with E-state index in [2.05, 4.69) is 52.6 Å². The van der Waals surface area contributed by atoms with Crippen LogP contribution >= 0.6 is 0 Å². The number of rotatable bonds is 58. The van der Waals surface area contributed by atoms with Crippen molar-refractivity contribution in [2.45, 2.75) is 388 Å². The summed E-state index contributed by atoms with van der Waals surface area (Å²) in [5.41, 5.74) is 12.9. The highest BCUT2D eigenvalue weighted by Crippen LogP contribution is 2.37. The van der Waals surface area contributed by atoms with Crippen LogP contribution in [-0.4, -0.2) is 194 Å². The highest BCUT2D eigenvalue weighted by Gasteiger charge is 2.37. The van der Waals surface area contributed by atoms with Crippen LogP contribution in [0.1, 0.15) is 353 Å². The predicted octanol–water partition coefficient (Wildman–Crippen LogP) is 20.7. The molecule has 0 radical (unpaired) electrons. The Hall–Kier alpha value is -11.4. The minimum absolute atomic E-state index is 0.0160. The van der Waals surface area contributed by atoms with Gasteiger partial charge >= 0.3 is 17.9 Å². The molecule has 6 aromatic carbocycles. The van der Waals surface area contributed by atoms with Crippen molar-refractivity contribution < 1.29 is 91.2 Å². The first-order valence-corrected chi connectivity index (χ1v) is 54.3. The molecule has 6 N–H and O–H groups in total. The smallest absolute Gasteiger partial charge is 0.328 e. The molecule has 0 fully saturated rings. The number of aryl methyl sites for hydroxylation is 4. The van der Waals surface area contributed by atoms with Crippen molar-refractivity contribution in [3.8, 4) is 22.3 Å². The summed E-state index contributed by atoms with van der Waals surface area (Å²) in [6.07, 6.45) is 37.2. The number of hydrogen-bond acceptors (Lipinski definition) is 19. The lowest BCUT2D eigenvalue weighted by Gasteiger charge is -2.30. The third-order valence-corrected chi connectivity index (χ3v) is 28.4. The van der Waals surface area contributed by atoms with E-state index in [4.69, 9.17) is 24.1 Å². The molecule has 6 aromatic rings. The van der Waals surface area contributed by atoms with Crippen molar-refractivity contribution in [1.29, 1.82) is 0 Å². The van der Waals surface area contributed by atoms with Gasteiger partial charge in [-0.05, 0) is 151 Å². The van der Waals surface area contributed by atoms with E-state index in [0.717, 1.165) is 111 Å². The number of carboxylic acids is 1. The number of ketones is 4. The number of carbonyl (C=O) groups is 14. The molecular formula is C120H174N8O19. The maximum absolute atomic E-state index is 14.3. The van der Waals surface area contributed by atoms with Crippen LogP contribution in [0.25, 0.3) is 22.3 Å². The number of benzene rings is 6. The van der Waals surface area contributed by atoms with Crippen LogP contribution in [0.5, 0.6) is 0 Å². The number of amides is 7. The number of carboxylic acid groups (broad SMARTS) is 1. The molecule has 8 bridgehead atoms. The van der Waals surface area contributed by atoms with E-state index in [1.54, 1.807) is 48.0 Å². The SMILES string of the molecule is CCCCCCCCCCCCCCCCCC(=O)N(C)[C@H](COCc1ccccc1)C(=O)N[C@H](C)C(=O)CCC(=O)N(C)[C@@H]1C(=O)C[C@@H](C)C(=O)N[C@H](C(=O)OC)Cc2ccc(C)c(c2)-c2cc1ccc2C.CCCCCCCCCCCCCCCCCC(=O)N(C)[C@H](COCc1ccccc1)C(=O)N[C@H](C)C(=O)CCC(=O)O.CN[C@@H]1C(=O)C[C@@H](C)C(=O)N[C@H](C(=O)OC)Cc2ccc(C)c(c2)-c2cc1ccc2C. The molecule has 7 amide bonds. The monoisotopic (exact) mass is 2030 g/mol. The quantitative estimate of drug-likeness (QED) is 0.0153. The number of nitrogens with one attached hydrogen (secondary N) is 5. The normalized spacial score (nSPS) is 16.5. The van der Waals surface area contributed by atoms with Gasteiger partial charge in [0.05, 0.1) is 65.2 Å². The fraction of sp³-hybridized carbons (Fsp3) is 0.583. The summed E-state index contributed by atoms with van der Waals surface area (Å²) in [6, 6.07) is 35.4. The Balaban J connectivity index is 0.000000375. The number of Topliss-reactive ketones (excluding diaryl/α,β-unsaturated/α-hetero) is 4. The molecule has 2 aliphatic rings. The number of unbranched alkanes of at least 4 members (excludes halogenated alkanes) is 28. The first-order valence-electron chi connectivity index (χ1n) is 54.3. The number of methoxy groups -OCH3 is 2. The highest BCUT2D eigenvalue weighted by atomic mass is 16.5. The average molecular weight is 2030 g/mol.